The van der Waals surface area contributed by atoms with Crippen LogP contribution in [0.2, 0.25) is 0 Å². The van der Waals surface area contributed by atoms with Crippen LogP contribution in [0.5, 0.6) is 0 Å². The van der Waals surface area contributed by atoms with Crippen LogP contribution in [0, 0.1) is 0 Å². The van der Waals surface area contributed by atoms with Crippen molar-refractivity contribution in [3.05, 3.63) is 83.9 Å². The standard InChI is InChI=1S/C13H9.C6H6N.2ClH.V/c1-3-7-12-10(5-1)9-11-6-2-4-8-13(11)12;7-6-4-2-1-3-5-6;;;/h1-5,7-8H,9H2;1-5,7H;2*1H;/q;-1;;;+3/p-2. The van der Waals surface area contributed by atoms with Crippen molar-refractivity contribution in [1.29, 1.82) is 0 Å². The molecule has 23 heavy (non-hydrogen) atoms. The van der Waals surface area contributed by atoms with Crippen molar-refractivity contribution in [3.8, 4) is 11.1 Å². The molecule has 1 N–H and O–H groups in total. The van der Waals surface area contributed by atoms with E-state index >= 15 is 0 Å². The molecule has 0 saturated heterocycles. The maximum absolute atomic E-state index is 6.85. The van der Waals surface area contributed by atoms with Crippen molar-refractivity contribution in [1.82, 2.24) is 0 Å². The van der Waals surface area contributed by atoms with E-state index in [4.69, 9.17) is 19.7 Å². The van der Waals surface area contributed by atoms with Gasteiger partial charge in [0.1, 0.15) is 0 Å². The van der Waals surface area contributed by atoms with Crippen LogP contribution in [-0.2, 0) is 18.8 Å². The molecule has 0 atom stereocenters. The van der Waals surface area contributed by atoms with Gasteiger partial charge in [-0.25, -0.2) is 0 Å². The third-order valence-corrected chi connectivity index (χ3v) is 8.81. The molecular formula is C19H15Cl2NV. The van der Waals surface area contributed by atoms with Crippen LogP contribution < -0.4 is 8.44 Å². The fourth-order valence-electron chi connectivity index (χ4n) is 3.14. The number of anilines is 1. The monoisotopic (exact) mass is 378 g/mol. The van der Waals surface area contributed by atoms with Crippen LogP contribution in [0.3, 0.4) is 0 Å². The number of benzene rings is 3. The second kappa shape index (κ2) is 5.92. The number of fused-ring (bicyclic) bond motifs is 3. The van der Waals surface area contributed by atoms with E-state index in [1.165, 1.54) is 22.3 Å². The van der Waals surface area contributed by atoms with Gasteiger partial charge in [-0.1, -0.05) is 0 Å². The van der Waals surface area contributed by atoms with Gasteiger partial charge in [-0.05, 0) is 0 Å². The SMILES string of the molecule is [Cl][V]([Cl])([NH]c1ccccc1)[c]1cccc2c1Cc1ccccc1-2. The van der Waals surface area contributed by atoms with E-state index in [-0.39, 0.29) is 0 Å². The average Bonchev–Trinajstić information content (AvgIpc) is 2.94. The first-order valence-electron chi connectivity index (χ1n) is 7.47. The van der Waals surface area contributed by atoms with Gasteiger partial charge in [0.05, 0.1) is 0 Å². The van der Waals surface area contributed by atoms with E-state index < -0.39 is 12.3 Å². The summed E-state index contributed by atoms with van der Waals surface area (Å²) >= 11 is -3.21. The predicted octanol–water partition coefficient (Wildman–Crippen LogP) is 5.37. The second-order valence-electron chi connectivity index (χ2n) is 5.63. The molecule has 0 radical (unpaired) electrons. The molecule has 0 heterocycles. The number of nitrogens with one attached hydrogen (secondary N) is 1. The van der Waals surface area contributed by atoms with Crippen molar-refractivity contribution in [2.45, 2.75) is 6.42 Å². The Bertz CT molecular complexity index is 862. The Balaban J connectivity index is 1.76. The summed E-state index contributed by atoms with van der Waals surface area (Å²) in [7, 11) is 13.7. The Labute approximate surface area is 147 Å². The van der Waals surface area contributed by atoms with Crippen molar-refractivity contribution in [2.75, 3.05) is 4.17 Å². The quantitative estimate of drug-likeness (QED) is 0.505. The molecule has 0 fully saturated rings. The van der Waals surface area contributed by atoms with Gasteiger partial charge in [0.2, 0.25) is 0 Å². The van der Waals surface area contributed by atoms with E-state index in [1.54, 1.807) is 0 Å². The minimum atomic E-state index is -3.21. The molecule has 1 aliphatic carbocycles. The van der Waals surface area contributed by atoms with Crippen LogP contribution in [0.1, 0.15) is 11.1 Å². The van der Waals surface area contributed by atoms with Gasteiger partial charge in [-0.3, -0.25) is 0 Å². The van der Waals surface area contributed by atoms with Crippen molar-refractivity contribution >= 4 is 29.7 Å². The molecule has 115 valence electrons. The average molecular weight is 379 g/mol. The van der Waals surface area contributed by atoms with Crippen molar-refractivity contribution in [3.63, 3.8) is 0 Å². The van der Waals surface area contributed by atoms with Crippen LogP contribution in [0.25, 0.3) is 11.1 Å². The fourth-order valence-corrected chi connectivity index (χ4v) is 7.44. The molecular weight excluding hydrogens is 364 g/mol. The molecule has 0 unspecified atom stereocenters. The predicted molar refractivity (Wildman–Crippen MR) is 96.1 cm³/mol. The number of rotatable bonds is 3. The van der Waals surface area contributed by atoms with E-state index in [0.717, 1.165) is 16.4 Å². The number of halogens is 2. The Kier molecular flexibility index (Phi) is 3.91. The summed E-state index contributed by atoms with van der Waals surface area (Å²) in [5.74, 6) is 0. The van der Waals surface area contributed by atoms with Crippen LogP contribution >= 0.6 is 19.7 Å². The topological polar surface area (TPSA) is 12.0 Å². The number of hydrogen-bond acceptors (Lipinski definition) is 1. The first kappa shape index (κ1) is 15.2. The van der Waals surface area contributed by atoms with Gasteiger partial charge in [-0.2, -0.15) is 0 Å². The summed E-state index contributed by atoms with van der Waals surface area (Å²) in [6.07, 6.45) is 0.903. The number of para-hydroxylation sites is 1. The molecule has 0 aromatic heterocycles. The fraction of sp³-hybridized carbons (Fsp3) is 0.0526. The number of hydrogen-bond donors (Lipinski definition) is 1. The third-order valence-electron chi connectivity index (χ3n) is 4.17. The Morgan fingerprint density at radius 2 is 1.43 bits per heavy atom. The Morgan fingerprint density at radius 3 is 2.26 bits per heavy atom. The summed E-state index contributed by atoms with van der Waals surface area (Å²) in [5, 5.41) is 0. The van der Waals surface area contributed by atoms with Crippen LogP contribution in [-0.4, -0.2) is 0 Å². The molecule has 3 aromatic carbocycles. The molecule has 4 rings (SSSR count). The Hall–Kier alpha value is -1.38. The summed E-state index contributed by atoms with van der Waals surface area (Å²) in [6.45, 7) is 0. The molecule has 1 aliphatic rings. The van der Waals surface area contributed by atoms with Crippen LogP contribution in [0.4, 0.5) is 5.69 Å². The van der Waals surface area contributed by atoms with Gasteiger partial charge in [0, 0.05) is 0 Å². The summed E-state index contributed by atoms with van der Waals surface area (Å²) < 4.78 is 4.48. The zero-order valence-electron chi connectivity index (χ0n) is 12.3. The first-order valence-corrected chi connectivity index (χ1v) is 12.7. The normalized spacial score (nSPS) is 12.6. The molecule has 4 heteroatoms. The van der Waals surface area contributed by atoms with E-state index in [2.05, 4.69) is 46.6 Å². The zero-order valence-corrected chi connectivity index (χ0v) is 15.2. The second-order valence-corrected chi connectivity index (χ2v) is 13.2. The first-order chi connectivity index (χ1) is 11.1. The maximum atomic E-state index is 6.85. The molecule has 1 nitrogen and oxygen atoms in total. The van der Waals surface area contributed by atoms with E-state index in [9.17, 15) is 0 Å². The van der Waals surface area contributed by atoms with E-state index in [1.807, 2.05) is 30.3 Å². The van der Waals surface area contributed by atoms with Gasteiger partial charge in [0.25, 0.3) is 0 Å². The van der Waals surface area contributed by atoms with E-state index in [0.29, 0.717) is 0 Å². The molecule has 0 saturated carbocycles. The molecule has 0 amide bonds. The molecule has 0 bridgehead atoms. The molecule has 3 aromatic rings. The molecule has 0 spiro atoms. The third kappa shape index (κ3) is 2.79. The van der Waals surface area contributed by atoms with Gasteiger partial charge in [0.15, 0.2) is 0 Å². The minimum absolute atomic E-state index is 0.903. The summed E-state index contributed by atoms with van der Waals surface area (Å²) in [6, 6.07) is 24.8. The van der Waals surface area contributed by atoms with Gasteiger partial charge < -0.3 is 0 Å². The van der Waals surface area contributed by atoms with Crippen molar-refractivity contribution < 1.29 is 12.3 Å². The van der Waals surface area contributed by atoms with Gasteiger partial charge >= 0.3 is 148 Å². The Morgan fingerprint density at radius 1 is 0.739 bits per heavy atom. The zero-order chi connectivity index (χ0) is 15.9. The summed E-state index contributed by atoms with van der Waals surface area (Å²) in [4.78, 5) is 0. The van der Waals surface area contributed by atoms with Crippen molar-refractivity contribution in [2.24, 2.45) is 0 Å². The van der Waals surface area contributed by atoms with Gasteiger partial charge in [-0.15, -0.1) is 0 Å². The summed E-state index contributed by atoms with van der Waals surface area (Å²) in [5.41, 5.74) is 6.15. The van der Waals surface area contributed by atoms with Crippen LogP contribution in [0.15, 0.2) is 72.8 Å². The molecule has 0 aliphatic heterocycles.